The molecule has 3 rings (SSSR count). The summed E-state index contributed by atoms with van der Waals surface area (Å²) in [7, 11) is 0. The maximum Gasteiger partial charge on any atom is 0.0605 e. The zero-order valence-corrected chi connectivity index (χ0v) is 8.02. The van der Waals surface area contributed by atoms with E-state index in [1.54, 1.807) is 0 Å². The molecule has 0 aliphatic heterocycles. The number of aliphatic hydroxyl groups excluding tert-OH is 1. The Kier molecular flexibility index (Phi) is 1.76. The summed E-state index contributed by atoms with van der Waals surface area (Å²) in [5, 5.41) is 9.79. The van der Waals surface area contributed by atoms with Crippen LogP contribution >= 0.6 is 0 Å². The van der Waals surface area contributed by atoms with Gasteiger partial charge in [-0.05, 0) is 55.8 Å². The number of fused-ring (bicyclic) bond motifs is 2. The minimum atomic E-state index is -0.0310. The second-order valence-electron chi connectivity index (χ2n) is 5.16. The molecule has 0 saturated heterocycles. The van der Waals surface area contributed by atoms with Gasteiger partial charge in [-0.25, -0.2) is 0 Å². The number of hydrogen-bond donors (Lipinski definition) is 1. The van der Waals surface area contributed by atoms with Crippen molar-refractivity contribution in [3.63, 3.8) is 0 Å². The van der Waals surface area contributed by atoms with Crippen LogP contribution in [-0.4, -0.2) is 11.2 Å². The molecule has 3 aliphatic carbocycles. The van der Waals surface area contributed by atoms with Gasteiger partial charge in [-0.15, -0.1) is 0 Å². The first-order valence-electron chi connectivity index (χ1n) is 5.67. The van der Waals surface area contributed by atoms with E-state index in [0.29, 0.717) is 5.92 Å². The Morgan fingerprint density at radius 3 is 2.54 bits per heavy atom. The van der Waals surface area contributed by atoms with Crippen LogP contribution in [0.25, 0.3) is 0 Å². The standard InChI is InChI=1S/C12H18O/c13-12-4-2-1-3-8-5-9(8)6-10-7-11(10)12/h1-2,8-13H,3-7H2/b2-1+/t8?,9?,10-,11?,12+/m0/s1. The normalized spacial score (nSPS) is 55.9. The zero-order valence-electron chi connectivity index (χ0n) is 8.02. The SMILES string of the molecule is O[C@@H]1C/C=C/CC2CC2C[C@H]2CC21. The van der Waals surface area contributed by atoms with Crippen LogP contribution < -0.4 is 0 Å². The van der Waals surface area contributed by atoms with Crippen LogP contribution in [0, 0.1) is 23.7 Å². The van der Waals surface area contributed by atoms with Crippen molar-refractivity contribution < 1.29 is 5.11 Å². The molecule has 1 nitrogen and oxygen atoms in total. The van der Waals surface area contributed by atoms with Gasteiger partial charge < -0.3 is 5.11 Å². The summed E-state index contributed by atoms with van der Waals surface area (Å²) >= 11 is 0. The minimum absolute atomic E-state index is 0.0310. The van der Waals surface area contributed by atoms with Crippen LogP contribution in [0.3, 0.4) is 0 Å². The number of hydrogen-bond acceptors (Lipinski definition) is 1. The first kappa shape index (κ1) is 8.05. The molecular formula is C12H18O. The molecule has 2 saturated carbocycles. The fourth-order valence-electron chi connectivity index (χ4n) is 2.97. The van der Waals surface area contributed by atoms with Crippen LogP contribution in [-0.2, 0) is 0 Å². The molecule has 0 heterocycles. The predicted molar refractivity (Wildman–Crippen MR) is 52.2 cm³/mol. The lowest BCUT2D eigenvalue weighted by molar-refractivity contribution is 0.146. The van der Waals surface area contributed by atoms with E-state index in [-0.39, 0.29) is 6.10 Å². The summed E-state index contributed by atoms with van der Waals surface area (Å²) in [5.74, 6) is 3.57. The molecule has 5 atom stereocenters. The van der Waals surface area contributed by atoms with Crippen molar-refractivity contribution in [1.82, 2.24) is 0 Å². The van der Waals surface area contributed by atoms with Gasteiger partial charge in [-0.1, -0.05) is 12.2 Å². The Morgan fingerprint density at radius 1 is 0.846 bits per heavy atom. The first-order valence-corrected chi connectivity index (χ1v) is 5.67. The van der Waals surface area contributed by atoms with E-state index in [9.17, 15) is 5.11 Å². The molecule has 3 unspecified atom stereocenters. The van der Waals surface area contributed by atoms with Crippen molar-refractivity contribution in [2.24, 2.45) is 23.7 Å². The Labute approximate surface area is 79.8 Å². The smallest absolute Gasteiger partial charge is 0.0605 e. The van der Waals surface area contributed by atoms with Gasteiger partial charge >= 0.3 is 0 Å². The average Bonchev–Trinajstić information content (AvgIpc) is 2.97. The molecule has 0 amide bonds. The van der Waals surface area contributed by atoms with Gasteiger partial charge in [-0.3, -0.25) is 0 Å². The molecule has 72 valence electrons. The van der Waals surface area contributed by atoms with E-state index >= 15 is 0 Å². The Morgan fingerprint density at radius 2 is 1.62 bits per heavy atom. The van der Waals surface area contributed by atoms with Crippen molar-refractivity contribution in [3.8, 4) is 0 Å². The maximum absolute atomic E-state index is 9.79. The van der Waals surface area contributed by atoms with Crippen LogP contribution in [0.5, 0.6) is 0 Å². The quantitative estimate of drug-likeness (QED) is 0.565. The molecule has 0 bridgehead atoms. The monoisotopic (exact) mass is 178 g/mol. The Hall–Kier alpha value is -0.300. The van der Waals surface area contributed by atoms with Crippen molar-refractivity contribution in [2.75, 3.05) is 0 Å². The largest absolute Gasteiger partial charge is 0.393 e. The summed E-state index contributed by atoms with van der Waals surface area (Å²) in [4.78, 5) is 0. The number of allylic oxidation sites excluding steroid dienone is 1. The molecule has 13 heavy (non-hydrogen) atoms. The molecule has 1 N–H and O–H groups in total. The topological polar surface area (TPSA) is 20.2 Å². The maximum atomic E-state index is 9.79. The lowest BCUT2D eigenvalue weighted by Gasteiger charge is -2.08. The van der Waals surface area contributed by atoms with Gasteiger partial charge in [0, 0.05) is 0 Å². The summed E-state index contributed by atoms with van der Waals surface area (Å²) < 4.78 is 0. The molecular weight excluding hydrogens is 160 g/mol. The highest BCUT2D eigenvalue weighted by molar-refractivity contribution is 5.03. The van der Waals surface area contributed by atoms with E-state index in [2.05, 4.69) is 12.2 Å². The summed E-state index contributed by atoms with van der Waals surface area (Å²) in [6.45, 7) is 0. The first-order chi connectivity index (χ1) is 6.34. The second-order valence-corrected chi connectivity index (χ2v) is 5.16. The van der Waals surface area contributed by atoms with Gasteiger partial charge in [0.15, 0.2) is 0 Å². The molecule has 0 aromatic carbocycles. The molecule has 0 spiro atoms. The van der Waals surface area contributed by atoms with E-state index in [4.69, 9.17) is 0 Å². The molecule has 2 fully saturated rings. The molecule has 0 aromatic rings. The third kappa shape index (κ3) is 1.54. The molecule has 1 heteroatoms. The van der Waals surface area contributed by atoms with Gasteiger partial charge in [0.2, 0.25) is 0 Å². The lowest BCUT2D eigenvalue weighted by Crippen LogP contribution is -2.10. The Balaban J connectivity index is 1.68. The molecule has 0 aromatic heterocycles. The van der Waals surface area contributed by atoms with Crippen molar-refractivity contribution in [2.45, 2.75) is 38.2 Å². The third-order valence-corrected chi connectivity index (χ3v) is 4.13. The van der Waals surface area contributed by atoms with Crippen LogP contribution in [0.4, 0.5) is 0 Å². The van der Waals surface area contributed by atoms with Gasteiger partial charge in [0.25, 0.3) is 0 Å². The fourth-order valence-corrected chi connectivity index (χ4v) is 2.97. The lowest BCUT2D eigenvalue weighted by atomic mass is 10.0. The van der Waals surface area contributed by atoms with E-state index in [1.807, 2.05) is 0 Å². The van der Waals surface area contributed by atoms with Crippen LogP contribution in [0.2, 0.25) is 0 Å². The fraction of sp³-hybridized carbons (Fsp3) is 0.833. The third-order valence-electron chi connectivity index (χ3n) is 4.13. The second kappa shape index (κ2) is 2.84. The highest BCUT2D eigenvalue weighted by Gasteiger charge is 2.47. The highest BCUT2D eigenvalue weighted by atomic mass is 16.3. The summed E-state index contributed by atoms with van der Waals surface area (Å²) in [6, 6.07) is 0. The summed E-state index contributed by atoms with van der Waals surface area (Å²) in [6.07, 6.45) is 10.8. The van der Waals surface area contributed by atoms with Crippen molar-refractivity contribution in [1.29, 1.82) is 0 Å². The molecule has 3 aliphatic rings. The van der Waals surface area contributed by atoms with Crippen LogP contribution in [0.1, 0.15) is 32.1 Å². The average molecular weight is 178 g/mol. The Bertz CT molecular complexity index is 233. The van der Waals surface area contributed by atoms with Gasteiger partial charge in [0.1, 0.15) is 0 Å². The minimum Gasteiger partial charge on any atom is -0.393 e. The van der Waals surface area contributed by atoms with Crippen molar-refractivity contribution in [3.05, 3.63) is 12.2 Å². The summed E-state index contributed by atoms with van der Waals surface area (Å²) in [5.41, 5.74) is 0. The molecule has 0 radical (unpaired) electrons. The predicted octanol–water partition coefficient (Wildman–Crippen LogP) is 2.36. The van der Waals surface area contributed by atoms with E-state index in [0.717, 1.165) is 24.2 Å². The number of aliphatic hydroxyl groups is 1. The highest BCUT2D eigenvalue weighted by Crippen LogP contribution is 2.54. The van der Waals surface area contributed by atoms with Gasteiger partial charge in [-0.2, -0.15) is 0 Å². The number of rotatable bonds is 0. The van der Waals surface area contributed by atoms with Gasteiger partial charge in [0.05, 0.1) is 6.10 Å². The van der Waals surface area contributed by atoms with E-state index in [1.165, 1.54) is 25.7 Å². The van der Waals surface area contributed by atoms with Crippen LogP contribution in [0.15, 0.2) is 12.2 Å². The van der Waals surface area contributed by atoms with Crippen molar-refractivity contribution >= 4 is 0 Å². The van der Waals surface area contributed by atoms with E-state index < -0.39 is 0 Å². The zero-order chi connectivity index (χ0) is 8.84.